The molecule has 0 saturated carbocycles. The first-order chi connectivity index (χ1) is 9.06. The number of benzene rings is 1. The quantitative estimate of drug-likeness (QED) is 0.631. The van der Waals surface area contributed by atoms with Crippen LogP contribution in [0.3, 0.4) is 0 Å². The molecule has 1 aromatic rings. The van der Waals surface area contributed by atoms with Crippen LogP contribution >= 0.6 is 0 Å². The van der Waals surface area contributed by atoms with Crippen LogP contribution in [0.2, 0.25) is 0 Å². The van der Waals surface area contributed by atoms with Gasteiger partial charge in [-0.2, -0.15) is 0 Å². The molecule has 0 spiro atoms. The molecule has 0 aromatic heterocycles. The topological polar surface area (TPSA) is 63.6 Å². The van der Waals surface area contributed by atoms with Gasteiger partial charge in [0.2, 0.25) is 0 Å². The zero-order chi connectivity index (χ0) is 14.3. The van der Waals surface area contributed by atoms with E-state index in [0.29, 0.717) is 5.57 Å². The average Bonchev–Trinajstić information content (AvgIpc) is 2.43. The van der Waals surface area contributed by atoms with Gasteiger partial charge in [-0.25, -0.2) is 9.59 Å². The van der Waals surface area contributed by atoms with Gasteiger partial charge >= 0.3 is 11.9 Å². The molecule has 0 atom stereocenters. The highest BCUT2D eigenvalue weighted by atomic mass is 16.5. The first-order valence-electron chi connectivity index (χ1n) is 5.84. The van der Waals surface area contributed by atoms with E-state index in [-0.39, 0.29) is 18.6 Å². The van der Waals surface area contributed by atoms with Gasteiger partial charge in [0.1, 0.15) is 0 Å². The molecule has 4 nitrogen and oxygen atoms in total. The Balaban J connectivity index is 2.85. The molecular weight excluding hydrogens is 244 g/mol. The number of carboxylic acids is 1. The molecule has 0 radical (unpaired) electrons. The van der Waals surface area contributed by atoms with Gasteiger partial charge in [-0.05, 0) is 18.1 Å². The van der Waals surface area contributed by atoms with Crippen LogP contribution in [0.4, 0.5) is 0 Å². The maximum absolute atomic E-state index is 11.2. The molecule has 0 aliphatic heterocycles. The van der Waals surface area contributed by atoms with Gasteiger partial charge < -0.3 is 9.84 Å². The van der Waals surface area contributed by atoms with Crippen molar-refractivity contribution in [3.8, 4) is 0 Å². The lowest BCUT2D eigenvalue weighted by Gasteiger charge is -2.09. The minimum Gasteiger partial charge on any atom is -0.478 e. The highest BCUT2D eigenvalue weighted by molar-refractivity contribution is 5.96. The lowest BCUT2D eigenvalue weighted by atomic mass is 9.99. The van der Waals surface area contributed by atoms with E-state index in [2.05, 4.69) is 6.58 Å². The normalized spacial score (nSPS) is 11.4. The molecule has 0 aliphatic carbocycles. The van der Waals surface area contributed by atoms with Crippen molar-refractivity contribution >= 4 is 17.5 Å². The molecule has 19 heavy (non-hydrogen) atoms. The van der Waals surface area contributed by atoms with Crippen molar-refractivity contribution in [2.45, 2.75) is 13.3 Å². The zero-order valence-corrected chi connectivity index (χ0v) is 10.8. The van der Waals surface area contributed by atoms with Gasteiger partial charge in [0.25, 0.3) is 0 Å². The summed E-state index contributed by atoms with van der Waals surface area (Å²) in [6, 6.07) is 9.23. The third-order valence-electron chi connectivity index (χ3n) is 2.68. The van der Waals surface area contributed by atoms with Gasteiger partial charge in [0, 0.05) is 18.1 Å². The van der Waals surface area contributed by atoms with Gasteiger partial charge in [0.15, 0.2) is 0 Å². The summed E-state index contributed by atoms with van der Waals surface area (Å²) in [7, 11) is 0. The molecule has 0 bridgehead atoms. The van der Waals surface area contributed by atoms with Crippen molar-refractivity contribution in [3.05, 3.63) is 54.1 Å². The highest BCUT2D eigenvalue weighted by Gasteiger charge is 2.13. The molecule has 0 fully saturated rings. The number of carbonyl (C=O) groups excluding carboxylic acids is 1. The van der Waals surface area contributed by atoms with Gasteiger partial charge in [0.05, 0.1) is 6.61 Å². The SMILES string of the molecule is C=CC(=O)OCCC(C(=O)O)=C(C)c1ccccc1. The third kappa shape index (κ3) is 4.43. The molecule has 0 heterocycles. The number of rotatable bonds is 6. The Hall–Kier alpha value is -2.36. The van der Waals surface area contributed by atoms with E-state index >= 15 is 0 Å². The Morgan fingerprint density at radius 2 is 1.95 bits per heavy atom. The van der Waals surface area contributed by atoms with Gasteiger partial charge in [-0.1, -0.05) is 36.9 Å². The summed E-state index contributed by atoms with van der Waals surface area (Å²) in [6.45, 7) is 5.04. The Bertz CT molecular complexity index is 500. The molecule has 100 valence electrons. The fourth-order valence-corrected chi connectivity index (χ4v) is 1.63. The minimum absolute atomic E-state index is 0.0245. The number of carboxylic acid groups (broad SMARTS) is 1. The molecule has 0 saturated heterocycles. The van der Waals surface area contributed by atoms with Gasteiger partial charge in [-0.3, -0.25) is 0 Å². The second kappa shape index (κ2) is 7.16. The van der Waals surface area contributed by atoms with Crippen molar-refractivity contribution in [3.63, 3.8) is 0 Å². The Morgan fingerprint density at radius 1 is 1.32 bits per heavy atom. The summed E-state index contributed by atoms with van der Waals surface area (Å²) >= 11 is 0. The van der Waals surface area contributed by atoms with Crippen molar-refractivity contribution < 1.29 is 19.4 Å². The minimum atomic E-state index is -1.00. The van der Waals surface area contributed by atoms with Crippen molar-refractivity contribution in [1.82, 2.24) is 0 Å². The first-order valence-corrected chi connectivity index (χ1v) is 5.84. The summed E-state index contributed by atoms with van der Waals surface area (Å²) in [5.74, 6) is -1.56. The van der Waals surface area contributed by atoms with E-state index in [1.54, 1.807) is 6.92 Å². The van der Waals surface area contributed by atoms with Crippen LogP contribution in [0.1, 0.15) is 18.9 Å². The van der Waals surface area contributed by atoms with Crippen LogP contribution in [0.25, 0.3) is 5.57 Å². The number of hydrogen-bond acceptors (Lipinski definition) is 3. The monoisotopic (exact) mass is 260 g/mol. The second-order valence-electron chi connectivity index (χ2n) is 3.90. The smallest absolute Gasteiger partial charge is 0.331 e. The summed E-state index contributed by atoms with van der Waals surface area (Å²) < 4.78 is 4.80. The summed E-state index contributed by atoms with van der Waals surface area (Å²) in [5, 5.41) is 9.21. The van der Waals surface area contributed by atoms with E-state index in [9.17, 15) is 14.7 Å². The van der Waals surface area contributed by atoms with Crippen LogP contribution in [0.5, 0.6) is 0 Å². The van der Waals surface area contributed by atoms with Crippen LogP contribution in [-0.4, -0.2) is 23.7 Å². The predicted molar refractivity (Wildman–Crippen MR) is 72.4 cm³/mol. The van der Waals surface area contributed by atoms with E-state index in [1.165, 1.54) is 0 Å². The van der Waals surface area contributed by atoms with Gasteiger partial charge in [-0.15, -0.1) is 0 Å². The van der Waals surface area contributed by atoms with Crippen molar-refractivity contribution in [2.75, 3.05) is 6.61 Å². The first kappa shape index (κ1) is 14.7. The molecule has 0 unspecified atom stereocenters. The molecule has 0 aliphatic rings. The summed E-state index contributed by atoms with van der Waals surface area (Å²) in [4.78, 5) is 22.1. The van der Waals surface area contributed by atoms with Crippen LogP contribution in [-0.2, 0) is 14.3 Å². The Labute approximate surface area is 112 Å². The molecule has 0 amide bonds. The average molecular weight is 260 g/mol. The fourth-order valence-electron chi connectivity index (χ4n) is 1.63. The highest BCUT2D eigenvalue weighted by Crippen LogP contribution is 2.20. The second-order valence-corrected chi connectivity index (χ2v) is 3.90. The van der Waals surface area contributed by atoms with E-state index in [0.717, 1.165) is 11.6 Å². The number of aliphatic carboxylic acids is 1. The van der Waals surface area contributed by atoms with Crippen LogP contribution < -0.4 is 0 Å². The maximum atomic E-state index is 11.2. The van der Waals surface area contributed by atoms with E-state index in [4.69, 9.17) is 4.74 Å². The molecule has 1 N–H and O–H groups in total. The summed E-state index contributed by atoms with van der Waals surface area (Å²) in [6.07, 6.45) is 1.21. The molecule has 4 heteroatoms. The summed E-state index contributed by atoms with van der Waals surface area (Å²) in [5.41, 5.74) is 1.75. The largest absolute Gasteiger partial charge is 0.478 e. The zero-order valence-electron chi connectivity index (χ0n) is 10.8. The Kier molecular flexibility index (Phi) is 5.54. The number of ether oxygens (including phenoxy) is 1. The fraction of sp³-hybridized carbons (Fsp3) is 0.200. The standard InChI is InChI=1S/C15H16O4/c1-3-14(16)19-10-9-13(15(17)18)11(2)12-7-5-4-6-8-12/h3-8H,1,9-10H2,2H3,(H,17,18). The van der Waals surface area contributed by atoms with Crippen LogP contribution in [0, 0.1) is 0 Å². The van der Waals surface area contributed by atoms with Crippen LogP contribution in [0.15, 0.2) is 48.6 Å². The maximum Gasteiger partial charge on any atom is 0.331 e. The number of hydrogen-bond donors (Lipinski definition) is 1. The lowest BCUT2D eigenvalue weighted by molar-refractivity contribution is -0.139. The number of esters is 1. The molecule has 1 aromatic carbocycles. The third-order valence-corrected chi connectivity index (χ3v) is 2.68. The molecule has 1 rings (SSSR count). The lowest BCUT2D eigenvalue weighted by Crippen LogP contribution is -2.09. The van der Waals surface area contributed by atoms with E-state index < -0.39 is 11.9 Å². The molecular formula is C15H16O4. The number of carbonyl (C=O) groups is 2. The van der Waals surface area contributed by atoms with Crippen molar-refractivity contribution in [1.29, 1.82) is 0 Å². The Morgan fingerprint density at radius 3 is 2.47 bits per heavy atom. The number of allylic oxidation sites excluding steroid dienone is 1. The van der Waals surface area contributed by atoms with Crippen molar-refractivity contribution in [2.24, 2.45) is 0 Å². The predicted octanol–water partition coefficient (Wildman–Crippen LogP) is 2.66. The van der Waals surface area contributed by atoms with E-state index in [1.807, 2.05) is 30.3 Å².